The third kappa shape index (κ3) is 3.69. The minimum absolute atomic E-state index is 0.564. The quantitative estimate of drug-likeness (QED) is 0.622. The maximum absolute atomic E-state index is 5.46. The van der Waals surface area contributed by atoms with Crippen LogP contribution in [0.15, 0.2) is 24.3 Å². The van der Waals surface area contributed by atoms with Gasteiger partial charge in [-0.3, -0.25) is 4.57 Å². The number of rotatable bonds is 6. The summed E-state index contributed by atoms with van der Waals surface area (Å²) in [5.74, 6) is 2.64. The van der Waals surface area contributed by atoms with Crippen molar-refractivity contribution in [2.24, 2.45) is 0 Å². The van der Waals surface area contributed by atoms with Gasteiger partial charge in [-0.1, -0.05) is 12.1 Å². The van der Waals surface area contributed by atoms with Crippen LogP contribution in [-0.2, 0) is 4.74 Å². The van der Waals surface area contributed by atoms with Crippen LogP contribution in [0, 0.1) is 6.92 Å². The van der Waals surface area contributed by atoms with E-state index in [4.69, 9.17) is 9.72 Å². The van der Waals surface area contributed by atoms with E-state index >= 15 is 0 Å². The fourth-order valence-electron chi connectivity index (χ4n) is 3.14. The highest BCUT2D eigenvalue weighted by molar-refractivity contribution is 5.77. The molecular weight excluding hydrogens is 344 g/mol. The summed E-state index contributed by atoms with van der Waals surface area (Å²) < 4.78 is 7.43. The van der Waals surface area contributed by atoms with Crippen molar-refractivity contribution >= 4 is 22.9 Å². The van der Waals surface area contributed by atoms with Crippen LogP contribution in [0.25, 0.3) is 17.0 Å². The Kier molecular flexibility index (Phi) is 5.12. The molecule has 0 aliphatic carbocycles. The van der Waals surface area contributed by atoms with Gasteiger partial charge < -0.3 is 20.3 Å². The van der Waals surface area contributed by atoms with E-state index in [1.807, 2.05) is 42.8 Å². The van der Waals surface area contributed by atoms with Crippen LogP contribution in [0.4, 0.5) is 11.9 Å². The van der Waals surface area contributed by atoms with Crippen LogP contribution in [0.2, 0.25) is 0 Å². The molecule has 9 heteroatoms. The smallest absolute Gasteiger partial charge is 0.242 e. The molecule has 0 amide bonds. The number of aromatic nitrogens is 5. The summed E-state index contributed by atoms with van der Waals surface area (Å²) in [6, 6.07) is 8.00. The molecule has 1 aliphatic rings. The number of ether oxygens (including phenoxy) is 1. The van der Waals surface area contributed by atoms with Crippen molar-refractivity contribution in [1.29, 1.82) is 0 Å². The van der Waals surface area contributed by atoms with Crippen LogP contribution in [0.1, 0.15) is 5.82 Å². The maximum atomic E-state index is 5.46. The Morgan fingerprint density at radius 1 is 1.00 bits per heavy atom. The van der Waals surface area contributed by atoms with Gasteiger partial charge in [-0.2, -0.15) is 15.0 Å². The van der Waals surface area contributed by atoms with Gasteiger partial charge in [-0.15, -0.1) is 0 Å². The Hall–Kier alpha value is -2.78. The zero-order chi connectivity index (χ0) is 18.6. The van der Waals surface area contributed by atoms with Crippen LogP contribution in [0.5, 0.6) is 0 Å². The number of nitrogens with one attached hydrogen (secondary N) is 2. The number of nitrogens with zero attached hydrogens (tertiary/aromatic N) is 6. The number of hydrogen-bond donors (Lipinski definition) is 2. The highest BCUT2D eigenvalue weighted by Crippen LogP contribution is 2.21. The molecule has 1 fully saturated rings. The standard InChI is InChI=1S/C18H24N8O/c1-13-21-14-5-3-4-6-15(14)26(13)18-23-16(20-8-7-19-2)22-17(24-18)25-9-11-27-12-10-25/h3-6,19H,7-12H2,1-2H3,(H,20,22,23,24). The highest BCUT2D eigenvalue weighted by atomic mass is 16.5. The number of para-hydroxylation sites is 2. The minimum atomic E-state index is 0.564. The Morgan fingerprint density at radius 2 is 1.78 bits per heavy atom. The van der Waals surface area contributed by atoms with Crippen molar-refractivity contribution in [1.82, 2.24) is 29.8 Å². The first kappa shape index (κ1) is 17.6. The van der Waals surface area contributed by atoms with Gasteiger partial charge in [0.25, 0.3) is 0 Å². The summed E-state index contributed by atoms with van der Waals surface area (Å²) in [6.45, 7) is 6.40. The predicted molar refractivity (Wildman–Crippen MR) is 105 cm³/mol. The first-order chi connectivity index (χ1) is 13.3. The molecule has 0 spiro atoms. The summed E-state index contributed by atoms with van der Waals surface area (Å²) in [7, 11) is 1.92. The normalized spacial score (nSPS) is 14.7. The third-order valence-corrected chi connectivity index (χ3v) is 4.49. The molecule has 1 aromatic carbocycles. The number of fused-ring (bicyclic) bond motifs is 1. The Labute approximate surface area is 157 Å². The van der Waals surface area contributed by atoms with E-state index in [0.29, 0.717) is 31.1 Å². The average Bonchev–Trinajstić information content (AvgIpc) is 3.04. The molecule has 2 N–H and O–H groups in total. The molecule has 2 aromatic heterocycles. The fraction of sp³-hybridized carbons (Fsp3) is 0.444. The van der Waals surface area contributed by atoms with Gasteiger partial charge in [-0.05, 0) is 26.1 Å². The summed E-state index contributed by atoms with van der Waals surface area (Å²) in [5.41, 5.74) is 1.91. The van der Waals surface area contributed by atoms with Gasteiger partial charge in [0.1, 0.15) is 5.82 Å². The van der Waals surface area contributed by atoms with Gasteiger partial charge >= 0.3 is 0 Å². The number of aryl methyl sites for hydroxylation is 1. The van der Waals surface area contributed by atoms with Gasteiger partial charge in [0.15, 0.2) is 0 Å². The van der Waals surface area contributed by atoms with Crippen molar-refractivity contribution in [3.05, 3.63) is 30.1 Å². The Balaban J connectivity index is 1.78. The molecule has 0 unspecified atom stereocenters. The summed E-state index contributed by atoms with van der Waals surface area (Å²) in [6.07, 6.45) is 0. The molecule has 0 radical (unpaired) electrons. The number of morpholine rings is 1. The lowest BCUT2D eigenvalue weighted by Crippen LogP contribution is -2.37. The second-order valence-corrected chi connectivity index (χ2v) is 6.37. The van der Waals surface area contributed by atoms with Crippen LogP contribution >= 0.6 is 0 Å². The van der Waals surface area contributed by atoms with E-state index in [2.05, 4.69) is 30.5 Å². The summed E-state index contributed by atoms with van der Waals surface area (Å²) >= 11 is 0. The van der Waals surface area contributed by atoms with E-state index in [1.54, 1.807) is 0 Å². The van der Waals surface area contributed by atoms with E-state index in [-0.39, 0.29) is 0 Å². The van der Waals surface area contributed by atoms with Crippen molar-refractivity contribution in [2.75, 3.05) is 56.7 Å². The number of hydrogen-bond acceptors (Lipinski definition) is 8. The van der Waals surface area contributed by atoms with Crippen LogP contribution in [-0.4, -0.2) is 70.9 Å². The maximum Gasteiger partial charge on any atom is 0.242 e. The average molecular weight is 368 g/mol. The molecular formula is C18H24N8O. The molecule has 4 rings (SSSR count). The molecule has 1 aliphatic heterocycles. The third-order valence-electron chi connectivity index (χ3n) is 4.49. The van der Waals surface area contributed by atoms with E-state index in [1.165, 1.54) is 0 Å². The number of imidazole rings is 1. The van der Waals surface area contributed by atoms with Crippen molar-refractivity contribution < 1.29 is 4.74 Å². The minimum Gasteiger partial charge on any atom is -0.378 e. The van der Waals surface area contributed by atoms with Crippen molar-refractivity contribution in [3.63, 3.8) is 0 Å². The van der Waals surface area contributed by atoms with E-state index in [0.717, 1.165) is 43.0 Å². The van der Waals surface area contributed by atoms with E-state index < -0.39 is 0 Å². The molecule has 0 bridgehead atoms. The lowest BCUT2D eigenvalue weighted by Gasteiger charge is -2.27. The van der Waals surface area contributed by atoms with Crippen molar-refractivity contribution in [2.45, 2.75) is 6.92 Å². The molecule has 0 atom stereocenters. The summed E-state index contributed by atoms with van der Waals surface area (Å²) in [4.78, 5) is 20.8. The zero-order valence-corrected chi connectivity index (χ0v) is 15.6. The molecule has 3 heterocycles. The molecule has 3 aromatic rings. The number of benzene rings is 1. The van der Waals surface area contributed by atoms with Crippen molar-refractivity contribution in [3.8, 4) is 5.95 Å². The zero-order valence-electron chi connectivity index (χ0n) is 15.6. The molecule has 142 valence electrons. The first-order valence-corrected chi connectivity index (χ1v) is 9.18. The van der Waals surface area contributed by atoms with Crippen LogP contribution < -0.4 is 15.5 Å². The van der Waals surface area contributed by atoms with Gasteiger partial charge in [0.05, 0.1) is 24.2 Å². The molecule has 9 nitrogen and oxygen atoms in total. The number of anilines is 2. The molecule has 1 saturated heterocycles. The lowest BCUT2D eigenvalue weighted by molar-refractivity contribution is 0.122. The van der Waals surface area contributed by atoms with Gasteiger partial charge in [0, 0.05) is 26.2 Å². The highest BCUT2D eigenvalue weighted by Gasteiger charge is 2.19. The Bertz CT molecular complexity index is 919. The second kappa shape index (κ2) is 7.85. The predicted octanol–water partition coefficient (Wildman–Crippen LogP) is 0.987. The monoisotopic (exact) mass is 368 g/mol. The number of likely N-dealkylation sites (N-methyl/N-ethyl adjacent to an activating group) is 1. The lowest BCUT2D eigenvalue weighted by atomic mass is 10.3. The topological polar surface area (TPSA) is 93.0 Å². The first-order valence-electron chi connectivity index (χ1n) is 9.18. The van der Waals surface area contributed by atoms with E-state index in [9.17, 15) is 0 Å². The van der Waals surface area contributed by atoms with Gasteiger partial charge in [-0.25, -0.2) is 4.98 Å². The summed E-state index contributed by atoms with van der Waals surface area (Å²) in [5, 5.41) is 6.39. The SMILES string of the molecule is CNCCNc1nc(N2CCOCC2)nc(-n2c(C)nc3ccccc32)n1. The Morgan fingerprint density at radius 3 is 2.59 bits per heavy atom. The molecule has 27 heavy (non-hydrogen) atoms. The fourth-order valence-corrected chi connectivity index (χ4v) is 3.14. The molecule has 0 saturated carbocycles. The van der Waals surface area contributed by atoms with Crippen LogP contribution in [0.3, 0.4) is 0 Å². The largest absolute Gasteiger partial charge is 0.378 e. The second-order valence-electron chi connectivity index (χ2n) is 6.37. The van der Waals surface area contributed by atoms with Gasteiger partial charge in [0.2, 0.25) is 17.8 Å².